The van der Waals surface area contributed by atoms with E-state index in [0.717, 1.165) is 42.6 Å². The van der Waals surface area contributed by atoms with E-state index >= 15 is 0 Å². The number of nitrogens with one attached hydrogen (secondary N) is 1. The van der Waals surface area contributed by atoms with Gasteiger partial charge in [-0.2, -0.15) is 5.10 Å². The molecule has 4 aromatic rings. The maximum atomic E-state index is 13.0. The van der Waals surface area contributed by atoms with E-state index in [1.54, 1.807) is 18.6 Å². The SMILES string of the molecule is O=C(NCc1ccccc1-c1ccc(Cn2cccn2)cc1)C1CCCN(c2ncccn2)C1. The van der Waals surface area contributed by atoms with Crippen molar-refractivity contribution in [1.29, 1.82) is 0 Å². The van der Waals surface area contributed by atoms with Gasteiger partial charge in [-0.15, -0.1) is 0 Å². The van der Waals surface area contributed by atoms with Gasteiger partial charge in [0.1, 0.15) is 0 Å². The molecule has 0 radical (unpaired) electrons. The van der Waals surface area contributed by atoms with Crippen molar-refractivity contribution < 1.29 is 4.79 Å². The summed E-state index contributed by atoms with van der Waals surface area (Å²) in [5, 5.41) is 7.45. The largest absolute Gasteiger partial charge is 0.352 e. The molecule has 0 aliphatic carbocycles. The first-order valence-electron chi connectivity index (χ1n) is 11.7. The highest BCUT2D eigenvalue weighted by atomic mass is 16.1. The van der Waals surface area contributed by atoms with E-state index < -0.39 is 0 Å². The first kappa shape index (κ1) is 21.8. The molecule has 5 rings (SSSR count). The number of rotatable bonds is 7. The lowest BCUT2D eigenvalue weighted by molar-refractivity contribution is -0.125. The van der Waals surface area contributed by atoms with Crippen molar-refractivity contribution >= 4 is 11.9 Å². The molecule has 0 saturated carbocycles. The normalized spacial score (nSPS) is 15.8. The Kier molecular flexibility index (Phi) is 6.61. The summed E-state index contributed by atoms with van der Waals surface area (Å²) in [6.07, 6.45) is 9.08. The molecule has 1 N–H and O–H groups in total. The Morgan fingerprint density at radius 3 is 2.59 bits per heavy atom. The van der Waals surface area contributed by atoms with Crippen LogP contribution in [0, 0.1) is 5.92 Å². The molecule has 2 aromatic heterocycles. The topological polar surface area (TPSA) is 75.9 Å². The van der Waals surface area contributed by atoms with Crippen LogP contribution >= 0.6 is 0 Å². The predicted molar refractivity (Wildman–Crippen MR) is 132 cm³/mol. The van der Waals surface area contributed by atoms with Gasteiger partial charge in [-0.1, -0.05) is 48.5 Å². The van der Waals surface area contributed by atoms with Crippen LogP contribution in [0.3, 0.4) is 0 Å². The molecular formula is C27H28N6O. The van der Waals surface area contributed by atoms with Gasteiger partial charge in [-0.25, -0.2) is 9.97 Å². The Morgan fingerprint density at radius 2 is 1.79 bits per heavy atom. The molecule has 34 heavy (non-hydrogen) atoms. The van der Waals surface area contributed by atoms with Crippen LogP contribution in [-0.2, 0) is 17.9 Å². The van der Waals surface area contributed by atoms with Gasteiger partial charge in [-0.05, 0) is 47.2 Å². The van der Waals surface area contributed by atoms with Gasteiger partial charge in [0.05, 0.1) is 12.5 Å². The second kappa shape index (κ2) is 10.3. The molecule has 1 fully saturated rings. The molecule has 1 atom stereocenters. The molecule has 1 saturated heterocycles. The molecule has 1 amide bonds. The fourth-order valence-electron chi connectivity index (χ4n) is 4.48. The van der Waals surface area contributed by atoms with Crippen LogP contribution in [0.4, 0.5) is 5.95 Å². The molecule has 2 aromatic carbocycles. The third-order valence-corrected chi connectivity index (χ3v) is 6.27. The van der Waals surface area contributed by atoms with E-state index in [9.17, 15) is 4.79 Å². The standard InChI is InChI=1S/C27H28N6O/c34-26(24-7-3-16-32(20-24)27-28-13-4-14-29-27)30-18-23-6-1-2-8-25(23)22-11-9-21(10-12-22)19-33-17-5-15-31-33/h1-2,4-6,8-15,17,24H,3,7,16,18-20H2,(H,30,34). The predicted octanol–water partition coefficient (Wildman–Crippen LogP) is 3.92. The number of nitrogens with zero attached hydrogens (tertiary/aromatic N) is 5. The Balaban J connectivity index is 1.23. The molecule has 0 spiro atoms. The average molecular weight is 453 g/mol. The third kappa shape index (κ3) is 5.14. The molecule has 1 unspecified atom stereocenters. The quantitative estimate of drug-likeness (QED) is 0.460. The minimum Gasteiger partial charge on any atom is -0.352 e. The summed E-state index contributed by atoms with van der Waals surface area (Å²) in [6, 6.07) is 20.5. The number of aromatic nitrogens is 4. The Bertz CT molecular complexity index is 1210. The number of anilines is 1. The second-order valence-corrected chi connectivity index (χ2v) is 8.61. The Hall–Kier alpha value is -4.00. The van der Waals surface area contributed by atoms with Crippen LogP contribution in [0.25, 0.3) is 11.1 Å². The fourth-order valence-corrected chi connectivity index (χ4v) is 4.48. The van der Waals surface area contributed by atoms with Gasteiger partial charge < -0.3 is 10.2 Å². The summed E-state index contributed by atoms with van der Waals surface area (Å²) in [6.45, 7) is 2.78. The van der Waals surface area contributed by atoms with Gasteiger partial charge in [0, 0.05) is 44.4 Å². The smallest absolute Gasteiger partial charge is 0.225 e. The highest BCUT2D eigenvalue weighted by Gasteiger charge is 2.27. The minimum absolute atomic E-state index is 0.0636. The van der Waals surface area contributed by atoms with E-state index in [2.05, 4.69) is 61.7 Å². The summed E-state index contributed by atoms with van der Waals surface area (Å²) < 4.78 is 1.91. The summed E-state index contributed by atoms with van der Waals surface area (Å²) in [4.78, 5) is 23.8. The minimum atomic E-state index is -0.0636. The van der Waals surface area contributed by atoms with Crippen molar-refractivity contribution in [3.8, 4) is 11.1 Å². The van der Waals surface area contributed by atoms with Gasteiger partial charge in [0.15, 0.2) is 0 Å². The molecule has 1 aliphatic heterocycles. The maximum absolute atomic E-state index is 13.0. The maximum Gasteiger partial charge on any atom is 0.225 e. The monoisotopic (exact) mass is 452 g/mol. The lowest BCUT2D eigenvalue weighted by atomic mass is 9.96. The average Bonchev–Trinajstić information content (AvgIpc) is 3.42. The highest BCUT2D eigenvalue weighted by Crippen LogP contribution is 2.25. The van der Waals surface area contributed by atoms with Crippen LogP contribution in [0.1, 0.15) is 24.0 Å². The third-order valence-electron chi connectivity index (χ3n) is 6.27. The fraction of sp³-hybridized carbons (Fsp3) is 0.259. The lowest BCUT2D eigenvalue weighted by Gasteiger charge is -2.32. The summed E-state index contributed by atoms with van der Waals surface area (Å²) in [7, 11) is 0. The summed E-state index contributed by atoms with van der Waals surface area (Å²) >= 11 is 0. The van der Waals surface area contributed by atoms with Gasteiger partial charge in [-0.3, -0.25) is 9.48 Å². The Morgan fingerprint density at radius 1 is 0.971 bits per heavy atom. The van der Waals surface area contributed by atoms with Gasteiger partial charge >= 0.3 is 0 Å². The van der Waals surface area contributed by atoms with E-state index in [0.29, 0.717) is 19.0 Å². The van der Waals surface area contributed by atoms with Crippen molar-refractivity contribution in [2.75, 3.05) is 18.0 Å². The first-order chi connectivity index (χ1) is 16.8. The zero-order chi connectivity index (χ0) is 23.2. The van der Waals surface area contributed by atoms with Gasteiger partial charge in [0.2, 0.25) is 11.9 Å². The molecule has 7 heteroatoms. The summed E-state index contributed by atoms with van der Waals surface area (Å²) in [5.74, 6) is 0.720. The van der Waals surface area contributed by atoms with Crippen molar-refractivity contribution in [2.45, 2.75) is 25.9 Å². The first-order valence-corrected chi connectivity index (χ1v) is 11.7. The lowest BCUT2D eigenvalue weighted by Crippen LogP contribution is -2.43. The van der Waals surface area contributed by atoms with E-state index in [1.165, 1.54) is 5.56 Å². The van der Waals surface area contributed by atoms with Crippen LogP contribution in [-0.4, -0.2) is 38.7 Å². The number of piperidine rings is 1. The number of benzene rings is 2. The molecular weight excluding hydrogens is 424 g/mol. The summed E-state index contributed by atoms with van der Waals surface area (Å²) in [5.41, 5.74) is 4.58. The number of amides is 1. The Labute approximate surface area is 199 Å². The zero-order valence-electron chi connectivity index (χ0n) is 19.0. The number of hydrogen-bond donors (Lipinski definition) is 1. The van der Waals surface area contributed by atoms with Crippen LogP contribution in [0.5, 0.6) is 0 Å². The number of carbonyl (C=O) groups excluding carboxylic acids is 1. The highest BCUT2D eigenvalue weighted by molar-refractivity contribution is 5.80. The molecule has 0 bridgehead atoms. The van der Waals surface area contributed by atoms with Crippen LogP contribution in [0.2, 0.25) is 0 Å². The number of carbonyl (C=O) groups is 1. The van der Waals surface area contributed by atoms with Crippen molar-refractivity contribution in [3.05, 3.63) is 96.6 Å². The van der Waals surface area contributed by atoms with Gasteiger partial charge in [0.25, 0.3) is 0 Å². The van der Waals surface area contributed by atoms with Crippen molar-refractivity contribution in [3.63, 3.8) is 0 Å². The van der Waals surface area contributed by atoms with Crippen LogP contribution in [0.15, 0.2) is 85.5 Å². The second-order valence-electron chi connectivity index (χ2n) is 8.61. The van der Waals surface area contributed by atoms with E-state index in [-0.39, 0.29) is 11.8 Å². The molecule has 3 heterocycles. The van der Waals surface area contributed by atoms with E-state index in [4.69, 9.17) is 0 Å². The van der Waals surface area contributed by atoms with Crippen LogP contribution < -0.4 is 10.2 Å². The zero-order valence-corrected chi connectivity index (χ0v) is 19.0. The number of hydrogen-bond acceptors (Lipinski definition) is 5. The van der Waals surface area contributed by atoms with Crippen molar-refractivity contribution in [2.24, 2.45) is 5.92 Å². The van der Waals surface area contributed by atoms with Crippen molar-refractivity contribution in [1.82, 2.24) is 25.1 Å². The van der Waals surface area contributed by atoms with E-state index in [1.807, 2.05) is 35.1 Å². The molecule has 1 aliphatic rings. The molecule has 7 nitrogen and oxygen atoms in total. The molecule has 172 valence electrons.